The highest BCUT2D eigenvalue weighted by molar-refractivity contribution is 5.16. The largest absolute Gasteiger partial charge is 0.375 e. The standard InChI is InChI=1S/C6H8N2O.C2H6.CH4/c1-2-9-4-6-5(1)3-7-8-6;1-2;/h3H,1-2,4H2,(H,7,8);1-2H3;1H4. The molecule has 2 heterocycles. The monoisotopic (exact) mass is 170 g/mol. The third-order valence-corrected chi connectivity index (χ3v) is 1.57. The first-order valence-electron chi connectivity index (χ1n) is 4.05. The zero-order chi connectivity index (χ0) is 8.10. The summed E-state index contributed by atoms with van der Waals surface area (Å²) < 4.78 is 5.18. The lowest BCUT2D eigenvalue weighted by molar-refractivity contribution is 0.108. The number of nitrogens with zero attached hydrogens (tertiary/aromatic N) is 1. The van der Waals surface area contributed by atoms with Crippen molar-refractivity contribution in [1.29, 1.82) is 0 Å². The van der Waals surface area contributed by atoms with Crippen molar-refractivity contribution in [2.75, 3.05) is 6.61 Å². The Bertz CT molecular complexity index is 188. The summed E-state index contributed by atoms with van der Waals surface area (Å²) in [5, 5.41) is 6.78. The normalized spacial score (nSPS) is 13.5. The van der Waals surface area contributed by atoms with Crippen LogP contribution in [0, 0.1) is 0 Å². The number of fused-ring (bicyclic) bond motifs is 1. The van der Waals surface area contributed by atoms with Gasteiger partial charge in [0.05, 0.1) is 25.1 Å². The Morgan fingerprint density at radius 3 is 2.92 bits per heavy atom. The van der Waals surface area contributed by atoms with Crippen LogP contribution in [-0.4, -0.2) is 16.8 Å². The molecule has 1 N–H and O–H groups in total. The summed E-state index contributed by atoms with van der Waals surface area (Å²) >= 11 is 0. The molecule has 1 aromatic rings. The average Bonchev–Trinajstić information content (AvgIpc) is 2.55. The van der Waals surface area contributed by atoms with E-state index in [4.69, 9.17) is 4.74 Å². The van der Waals surface area contributed by atoms with E-state index < -0.39 is 0 Å². The number of aromatic amines is 1. The lowest BCUT2D eigenvalue weighted by atomic mass is 10.2. The van der Waals surface area contributed by atoms with E-state index in [1.807, 2.05) is 20.0 Å². The second kappa shape index (κ2) is 5.77. The molecule has 0 saturated heterocycles. The van der Waals surface area contributed by atoms with E-state index >= 15 is 0 Å². The Morgan fingerprint density at radius 2 is 2.25 bits per heavy atom. The summed E-state index contributed by atoms with van der Waals surface area (Å²) in [6, 6.07) is 0. The minimum atomic E-state index is 0. The van der Waals surface area contributed by atoms with Gasteiger partial charge in [-0.15, -0.1) is 0 Å². The predicted octanol–water partition coefficient (Wildman–Crippen LogP) is 2.14. The van der Waals surface area contributed by atoms with Crippen molar-refractivity contribution in [1.82, 2.24) is 10.2 Å². The van der Waals surface area contributed by atoms with E-state index in [-0.39, 0.29) is 7.43 Å². The fourth-order valence-corrected chi connectivity index (χ4v) is 1.03. The summed E-state index contributed by atoms with van der Waals surface area (Å²) in [6.07, 6.45) is 2.88. The maximum atomic E-state index is 5.18. The van der Waals surface area contributed by atoms with Gasteiger partial charge in [0.25, 0.3) is 0 Å². The topological polar surface area (TPSA) is 37.9 Å². The first-order valence-corrected chi connectivity index (χ1v) is 4.05. The Balaban J connectivity index is 0.000000378. The molecule has 0 atom stereocenters. The molecule has 12 heavy (non-hydrogen) atoms. The molecule has 0 aliphatic carbocycles. The van der Waals surface area contributed by atoms with Gasteiger partial charge in [0, 0.05) is 0 Å². The Morgan fingerprint density at radius 1 is 1.50 bits per heavy atom. The van der Waals surface area contributed by atoms with E-state index in [1.165, 1.54) is 5.56 Å². The minimum absolute atomic E-state index is 0. The molecule has 0 spiro atoms. The van der Waals surface area contributed by atoms with Gasteiger partial charge in [0.1, 0.15) is 0 Å². The number of aromatic nitrogens is 2. The molecule has 0 radical (unpaired) electrons. The lowest BCUT2D eigenvalue weighted by Crippen LogP contribution is -2.07. The molecule has 0 unspecified atom stereocenters. The van der Waals surface area contributed by atoms with E-state index in [0.29, 0.717) is 6.61 Å². The van der Waals surface area contributed by atoms with Crippen molar-refractivity contribution >= 4 is 0 Å². The smallest absolute Gasteiger partial charge is 0.0885 e. The lowest BCUT2D eigenvalue weighted by Gasteiger charge is -2.09. The highest BCUT2D eigenvalue weighted by atomic mass is 16.5. The van der Waals surface area contributed by atoms with Gasteiger partial charge in [0.2, 0.25) is 0 Å². The number of nitrogens with one attached hydrogen (secondary N) is 1. The van der Waals surface area contributed by atoms with Crippen molar-refractivity contribution in [2.24, 2.45) is 0 Å². The number of ether oxygens (including phenoxy) is 1. The molecule has 0 amide bonds. The zero-order valence-electron chi connectivity index (χ0n) is 7.05. The number of hydrogen-bond donors (Lipinski definition) is 1. The number of hydrogen-bond acceptors (Lipinski definition) is 2. The maximum absolute atomic E-state index is 5.18. The molecular weight excluding hydrogens is 152 g/mol. The molecule has 70 valence electrons. The van der Waals surface area contributed by atoms with Gasteiger partial charge in [-0.2, -0.15) is 5.10 Å². The number of H-pyrrole nitrogens is 1. The molecule has 3 heteroatoms. The summed E-state index contributed by atoms with van der Waals surface area (Å²) in [7, 11) is 0. The van der Waals surface area contributed by atoms with Crippen LogP contribution in [0.4, 0.5) is 0 Å². The molecule has 0 aromatic carbocycles. The second-order valence-electron chi connectivity index (χ2n) is 2.18. The summed E-state index contributed by atoms with van der Waals surface area (Å²) in [6.45, 7) is 5.54. The van der Waals surface area contributed by atoms with Crippen molar-refractivity contribution in [3.05, 3.63) is 17.5 Å². The highest BCUT2D eigenvalue weighted by Crippen LogP contribution is 2.11. The molecule has 2 rings (SSSR count). The van der Waals surface area contributed by atoms with Crippen LogP contribution in [0.1, 0.15) is 32.5 Å². The maximum Gasteiger partial charge on any atom is 0.0885 e. The zero-order valence-corrected chi connectivity index (χ0v) is 7.05. The van der Waals surface area contributed by atoms with Crippen LogP contribution in [0.2, 0.25) is 0 Å². The van der Waals surface area contributed by atoms with Gasteiger partial charge in [0.15, 0.2) is 0 Å². The van der Waals surface area contributed by atoms with Crippen molar-refractivity contribution in [3.63, 3.8) is 0 Å². The van der Waals surface area contributed by atoms with E-state index in [2.05, 4.69) is 10.2 Å². The third kappa shape index (κ3) is 2.34. The van der Waals surface area contributed by atoms with Crippen LogP contribution in [0.5, 0.6) is 0 Å². The SMILES string of the molecule is C.CC.c1n[nH]c2c1CCOC2. The summed E-state index contributed by atoms with van der Waals surface area (Å²) in [4.78, 5) is 0. The molecular formula is C9H18N2O. The first kappa shape index (κ1) is 11.2. The first-order chi connectivity index (χ1) is 5.47. The molecule has 0 fully saturated rings. The summed E-state index contributed by atoms with van der Waals surface area (Å²) in [5.41, 5.74) is 2.45. The van der Waals surface area contributed by atoms with Gasteiger partial charge in [-0.3, -0.25) is 5.10 Å². The number of rotatable bonds is 0. The Labute approximate surface area is 74.1 Å². The van der Waals surface area contributed by atoms with Crippen LogP contribution >= 0.6 is 0 Å². The Hall–Kier alpha value is -0.830. The van der Waals surface area contributed by atoms with Gasteiger partial charge >= 0.3 is 0 Å². The Kier molecular flexibility index (Phi) is 5.37. The molecule has 1 aliphatic heterocycles. The predicted molar refractivity (Wildman–Crippen MR) is 50.0 cm³/mol. The van der Waals surface area contributed by atoms with Crippen molar-refractivity contribution in [3.8, 4) is 0 Å². The third-order valence-electron chi connectivity index (χ3n) is 1.57. The van der Waals surface area contributed by atoms with Crippen molar-refractivity contribution < 1.29 is 4.74 Å². The quantitative estimate of drug-likeness (QED) is 0.647. The molecule has 1 aliphatic rings. The van der Waals surface area contributed by atoms with Gasteiger partial charge in [-0.1, -0.05) is 21.3 Å². The van der Waals surface area contributed by atoms with Crippen LogP contribution in [0.3, 0.4) is 0 Å². The van der Waals surface area contributed by atoms with Crippen LogP contribution < -0.4 is 0 Å². The van der Waals surface area contributed by atoms with Crippen molar-refractivity contribution in [2.45, 2.75) is 34.3 Å². The fraction of sp³-hybridized carbons (Fsp3) is 0.667. The second-order valence-corrected chi connectivity index (χ2v) is 2.18. The minimum Gasteiger partial charge on any atom is -0.375 e. The van der Waals surface area contributed by atoms with Crippen LogP contribution in [0.15, 0.2) is 6.20 Å². The van der Waals surface area contributed by atoms with E-state index in [1.54, 1.807) is 0 Å². The molecule has 3 nitrogen and oxygen atoms in total. The van der Waals surface area contributed by atoms with Crippen LogP contribution in [-0.2, 0) is 17.8 Å². The van der Waals surface area contributed by atoms with E-state index in [0.717, 1.165) is 18.7 Å². The van der Waals surface area contributed by atoms with Gasteiger partial charge in [-0.05, 0) is 12.0 Å². The highest BCUT2D eigenvalue weighted by Gasteiger charge is 2.09. The average molecular weight is 170 g/mol. The van der Waals surface area contributed by atoms with E-state index in [9.17, 15) is 0 Å². The van der Waals surface area contributed by atoms with Gasteiger partial charge in [-0.25, -0.2) is 0 Å². The summed E-state index contributed by atoms with van der Waals surface area (Å²) in [5.74, 6) is 0. The van der Waals surface area contributed by atoms with Crippen LogP contribution in [0.25, 0.3) is 0 Å². The molecule has 0 bridgehead atoms. The van der Waals surface area contributed by atoms with Gasteiger partial charge < -0.3 is 4.74 Å². The fourth-order valence-electron chi connectivity index (χ4n) is 1.03. The molecule has 0 saturated carbocycles. The molecule has 1 aromatic heterocycles.